The second kappa shape index (κ2) is 5.60. The van der Waals surface area contributed by atoms with Crippen molar-refractivity contribution >= 4 is 17.3 Å². The van der Waals surface area contributed by atoms with E-state index >= 15 is 0 Å². The number of likely N-dealkylation sites (N-methyl/N-ethyl adjacent to an activating group) is 1. The zero-order valence-electron chi connectivity index (χ0n) is 12.6. The molecule has 0 saturated carbocycles. The van der Waals surface area contributed by atoms with E-state index in [0.717, 1.165) is 11.3 Å². The van der Waals surface area contributed by atoms with Crippen molar-refractivity contribution < 1.29 is 14.3 Å². The average molecular weight is 298 g/mol. The monoisotopic (exact) mass is 298 g/mol. The van der Waals surface area contributed by atoms with Crippen LogP contribution in [-0.4, -0.2) is 26.2 Å². The van der Waals surface area contributed by atoms with Crippen LogP contribution in [-0.2, 0) is 11.2 Å². The number of hydrogen-bond donors (Lipinski definition) is 1. The Bertz CT molecular complexity index is 698. The first-order valence-electron chi connectivity index (χ1n) is 7.05. The fraction of sp³-hybridized carbons (Fsp3) is 0.235. The number of hydrogen-bond acceptors (Lipinski definition) is 4. The summed E-state index contributed by atoms with van der Waals surface area (Å²) in [6, 6.07) is 12.9. The highest BCUT2D eigenvalue weighted by molar-refractivity contribution is 6.00. The van der Waals surface area contributed by atoms with Crippen molar-refractivity contribution in [3.63, 3.8) is 0 Å². The first-order chi connectivity index (χ1) is 10.6. The minimum Gasteiger partial charge on any atom is -0.497 e. The van der Waals surface area contributed by atoms with Crippen LogP contribution < -0.4 is 20.1 Å². The highest BCUT2D eigenvalue weighted by atomic mass is 16.5. The summed E-state index contributed by atoms with van der Waals surface area (Å²) in [7, 11) is 3.37. The van der Waals surface area contributed by atoms with Gasteiger partial charge in [-0.15, -0.1) is 0 Å². The summed E-state index contributed by atoms with van der Waals surface area (Å²) in [6.07, 6.45) is -0.0220. The summed E-state index contributed by atoms with van der Waals surface area (Å²) < 4.78 is 11.0. The van der Waals surface area contributed by atoms with Gasteiger partial charge in [-0.25, -0.2) is 0 Å². The molecule has 3 rings (SSSR count). The van der Waals surface area contributed by atoms with Gasteiger partial charge in [0, 0.05) is 19.2 Å². The number of amides is 1. The highest BCUT2D eigenvalue weighted by Crippen LogP contribution is 2.35. The van der Waals surface area contributed by atoms with Crippen molar-refractivity contribution in [2.45, 2.75) is 12.5 Å². The van der Waals surface area contributed by atoms with Gasteiger partial charge in [-0.05, 0) is 35.9 Å². The van der Waals surface area contributed by atoms with Crippen molar-refractivity contribution in [1.29, 1.82) is 0 Å². The van der Waals surface area contributed by atoms with Crippen molar-refractivity contribution in [2.75, 3.05) is 24.8 Å². The first-order valence-corrected chi connectivity index (χ1v) is 7.05. The number of nitrogen functional groups attached to an aromatic ring is 1. The van der Waals surface area contributed by atoms with Crippen LogP contribution >= 0.6 is 0 Å². The number of benzene rings is 2. The predicted octanol–water partition coefficient (Wildman–Crippen LogP) is 2.24. The van der Waals surface area contributed by atoms with Gasteiger partial charge in [0.25, 0.3) is 5.91 Å². The van der Waals surface area contributed by atoms with E-state index in [1.54, 1.807) is 37.3 Å². The molecule has 114 valence electrons. The Hall–Kier alpha value is -2.69. The molecular formula is C17H18N2O3. The van der Waals surface area contributed by atoms with Crippen molar-refractivity contribution in [2.24, 2.45) is 0 Å². The summed E-state index contributed by atoms with van der Waals surface area (Å²) >= 11 is 0. The number of carbonyl (C=O) groups is 1. The van der Waals surface area contributed by atoms with E-state index < -0.39 is 6.10 Å². The molecule has 2 N–H and O–H groups in total. The Morgan fingerprint density at radius 3 is 2.64 bits per heavy atom. The molecule has 1 heterocycles. The Labute approximate surface area is 129 Å². The van der Waals surface area contributed by atoms with E-state index in [4.69, 9.17) is 15.2 Å². The maximum absolute atomic E-state index is 12.5. The summed E-state index contributed by atoms with van der Waals surface area (Å²) in [5.74, 6) is 1.39. The van der Waals surface area contributed by atoms with Gasteiger partial charge in [0.2, 0.25) is 0 Å². The van der Waals surface area contributed by atoms with Gasteiger partial charge < -0.3 is 20.1 Å². The van der Waals surface area contributed by atoms with E-state index in [1.807, 2.05) is 24.3 Å². The SMILES string of the molecule is COc1ccc(CC2Oc3ccc(N)cc3N(C)C2=O)cc1. The van der Waals surface area contributed by atoms with Crippen LogP contribution in [0.5, 0.6) is 11.5 Å². The van der Waals surface area contributed by atoms with Crippen molar-refractivity contribution in [1.82, 2.24) is 0 Å². The summed E-state index contributed by atoms with van der Waals surface area (Å²) in [4.78, 5) is 14.1. The number of carbonyl (C=O) groups excluding carboxylic acids is 1. The third-order valence-electron chi connectivity index (χ3n) is 3.80. The molecule has 0 fully saturated rings. The predicted molar refractivity (Wildman–Crippen MR) is 85.4 cm³/mol. The second-order valence-electron chi connectivity index (χ2n) is 5.28. The summed E-state index contributed by atoms with van der Waals surface area (Å²) in [6.45, 7) is 0. The van der Waals surface area contributed by atoms with Gasteiger partial charge in [-0.3, -0.25) is 4.79 Å². The molecular weight excluding hydrogens is 280 g/mol. The minimum atomic E-state index is -0.533. The number of nitrogens with two attached hydrogens (primary N) is 1. The van der Waals surface area contributed by atoms with Crippen LogP contribution in [0.15, 0.2) is 42.5 Å². The van der Waals surface area contributed by atoms with E-state index in [-0.39, 0.29) is 5.91 Å². The number of methoxy groups -OCH3 is 1. The van der Waals surface area contributed by atoms with Gasteiger partial charge in [-0.2, -0.15) is 0 Å². The van der Waals surface area contributed by atoms with Gasteiger partial charge >= 0.3 is 0 Å². The molecule has 5 nitrogen and oxygen atoms in total. The van der Waals surface area contributed by atoms with E-state index in [9.17, 15) is 4.79 Å². The van der Waals surface area contributed by atoms with Crippen LogP contribution in [0.2, 0.25) is 0 Å². The quantitative estimate of drug-likeness (QED) is 0.883. The molecule has 22 heavy (non-hydrogen) atoms. The third-order valence-corrected chi connectivity index (χ3v) is 3.80. The molecule has 0 spiro atoms. The van der Waals surface area contributed by atoms with Gasteiger partial charge in [0.15, 0.2) is 6.10 Å². The van der Waals surface area contributed by atoms with Gasteiger partial charge in [-0.1, -0.05) is 12.1 Å². The van der Waals surface area contributed by atoms with E-state index in [1.165, 1.54) is 0 Å². The Kier molecular flexibility index (Phi) is 3.63. The first kappa shape index (κ1) is 14.3. The molecule has 2 aromatic rings. The number of ether oxygens (including phenoxy) is 2. The maximum Gasteiger partial charge on any atom is 0.268 e. The molecule has 0 saturated heterocycles. The molecule has 5 heteroatoms. The zero-order chi connectivity index (χ0) is 15.7. The smallest absolute Gasteiger partial charge is 0.268 e. The Morgan fingerprint density at radius 2 is 1.95 bits per heavy atom. The molecule has 0 aliphatic carbocycles. The lowest BCUT2D eigenvalue weighted by molar-refractivity contribution is -0.125. The minimum absolute atomic E-state index is 0.0751. The molecule has 1 aliphatic heterocycles. The lowest BCUT2D eigenvalue weighted by Crippen LogP contribution is -2.44. The number of rotatable bonds is 3. The maximum atomic E-state index is 12.5. The fourth-order valence-corrected chi connectivity index (χ4v) is 2.54. The Morgan fingerprint density at radius 1 is 1.23 bits per heavy atom. The van der Waals surface area contributed by atoms with Gasteiger partial charge in [0.1, 0.15) is 11.5 Å². The molecule has 0 radical (unpaired) electrons. The molecule has 2 aromatic carbocycles. The standard InChI is InChI=1S/C17H18N2O3/c1-19-14-10-12(18)5-8-15(14)22-16(17(19)20)9-11-3-6-13(21-2)7-4-11/h3-8,10,16H,9,18H2,1-2H3. The lowest BCUT2D eigenvalue weighted by Gasteiger charge is -2.32. The Balaban J connectivity index is 1.83. The number of nitrogens with zero attached hydrogens (tertiary/aromatic N) is 1. The molecule has 1 atom stereocenters. The van der Waals surface area contributed by atoms with E-state index in [2.05, 4.69) is 0 Å². The molecule has 0 bridgehead atoms. The zero-order valence-corrected chi connectivity index (χ0v) is 12.6. The number of anilines is 2. The van der Waals surface area contributed by atoms with E-state index in [0.29, 0.717) is 23.5 Å². The van der Waals surface area contributed by atoms with Gasteiger partial charge in [0.05, 0.1) is 12.8 Å². The molecule has 1 unspecified atom stereocenters. The van der Waals surface area contributed by atoms with Crippen LogP contribution in [0.1, 0.15) is 5.56 Å². The molecule has 1 aliphatic rings. The van der Waals surface area contributed by atoms with Crippen molar-refractivity contribution in [3.05, 3.63) is 48.0 Å². The molecule has 0 aromatic heterocycles. The van der Waals surface area contributed by atoms with Crippen LogP contribution in [0, 0.1) is 0 Å². The summed E-state index contributed by atoms with van der Waals surface area (Å²) in [5.41, 5.74) is 8.10. The normalized spacial score (nSPS) is 16.9. The van der Waals surface area contributed by atoms with Crippen molar-refractivity contribution in [3.8, 4) is 11.5 Å². The fourth-order valence-electron chi connectivity index (χ4n) is 2.54. The lowest BCUT2D eigenvalue weighted by atomic mass is 10.0. The third kappa shape index (κ3) is 2.57. The topological polar surface area (TPSA) is 64.8 Å². The molecule has 1 amide bonds. The largest absolute Gasteiger partial charge is 0.497 e. The summed E-state index contributed by atoms with van der Waals surface area (Å²) in [5, 5.41) is 0. The second-order valence-corrected chi connectivity index (χ2v) is 5.28. The van der Waals surface area contributed by atoms with Crippen LogP contribution in [0.4, 0.5) is 11.4 Å². The van der Waals surface area contributed by atoms with Crippen LogP contribution in [0.3, 0.4) is 0 Å². The highest BCUT2D eigenvalue weighted by Gasteiger charge is 2.32. The average Bonchev–Trinajstić information content (AvgIpc) is 2.54. The van der Waals surface area contributed by atoms with Crippen LogP contribution in [0.25, 0.3) is 0 Å². The number of fused-ring (bicyclic) bond motifs is 1.